The van der Waals surface area contributed by atoms with E-state index in [4.69, 9.17) is 10.2 Å². The Morgan fingerprint density at radius 1 is 1.52 bits per heavy atom. The molecule has 0 aliphatic carbocycles. The van der Waals surface area contributed by atoms with Gasteiger partial charge in [0.15, 0.2) is 0 Å². The fraction of sp³-hybridized carbons (Fsp3) is 0.500. The van der Waals surface area contributed by atoms with Gasteiger partial charge in [0, 0.05) is 13.0 Å². The van der Waals surface area contributed by atoms with Crippen LogP contribution in [0.25, 0.3) is 0 Å². The molecule has 2 heterocycles. The fourth-order valence-corrected chi connectivity index (χ4v) is 2.81. The number of anilines is 1. The van der Waals surface area contributed by atoms with E-state index in [1.165, 1.54) is 0 Å². The van der Waals surface area contributed by atoms with Crippen LogP contribution in [0.4, 0.5) is 9.70 Å². The molecule has 0 spiro atoms. The number of aromatic nitrogens is 2. The van der Waals surface area contributed by atoms with Crippen molar-refractivity contribution in [1.82, 2.24) is 9.78 Å². The summed E-state index contributed by atoms with van der Waals surface area (Å²) in [5, 5.41) is 20.2. The number of hydrogen-bond donors (Lipinski definition) is 2. The van der Waals surface area contributed by atoms with E-state index in [9.17, 15) is 21.9 Å². The number of halogens is 1. The van der Waals surface area contributed by atoms with Crippen molar-refractivity contribution in [3.05, 3.63) is 11.8 Å². The van der Waals surface area contributed by atoms with Gasteiger partial charge in [-0.3, -0.25) is 9.69 Å². The number of amides is 1. The lowest BCUT2D eigenvalue weighted by Gasteiger charge is -2.18. The van der Waals surface area contributed by atoms with E-state index in [1.807, 2.05) is 0 Å². The molecule has 11 heteroatoms. The van der Waals surface area contributed by atoms with Gasteiger partial charge in [0.1, 0.15) is 16.6 Å². The van der Waals surface area contributed by atoms with Gasteiger partial charge in [-0.15, -0.1) is 3.89 Å². The first-order chi connectivity index (χ1) is 9.75. The van der Waals surface area contributed by atoms with Crippen LogP contribution < -0.4 is 4.90 Å². The first kappa shape index (κ1) is 15.4. The van der Waals surface area contributed by atoms with Gasteiger partial charge in [0.25, 0.3) is 0 Å². The molecule has 1 aromatic heterocycles. The van der Waals surface area contributed by atoms with Gasteiger partial charge in [-0.05, 0) is 0 Å². The molecular formula is C10H12FN3O6S. The smallest absolute Gasteiger partial charge is 0.341 e. The lowest BCUT2D eigenvalue weighted by Crippen LogP contribution is -2.31. The van der Waals surface area contributed by atoms with Gasteiger partial charge in [0.2, 0.25) is 5.91 Å². The molecule has 9 nitrogen and oxygen atoms in total. The van der Waals surface area contributed by atoms with Crippen LogP contribution in [-0.4, -0.2) is 58.7 Å². The van der Waals surface area contributed by atoms with Crippen molar-refractivity contribution < 1.29 is 32.1 Å². The largest absolute Gasteiger partial charge is 0.477 e. The first-order valence-corrected chi connectivity index (χ1v) is 7.34. The molecule has 1 atom stereocenters. The van der Waals surface area contributed by atoms with E-state index in [-0.39, 0.29) is 24.5 Å². The number of carboxylic acids is 1. The number of rotatable bonds is 5. The summed E-state index contributed by atoms with van der Waals surface area (Å²) in [7, 11) is -4.91. The third-order valence-electron chi connectivity index (χ3n) is 3.10. The van der Waals surface area contributed by atoms with E-state index in [0.29, 0.717) is 0 Å². The Labute approximate surface area is 118 Å². The fourth-order valence-electron chi connectivity index (χ4n) is 2.14. The molecule has 0 saturated carbocycles. The lowest BCUT2D eigenvalue weighted by molar-refractivity contribution is -0.117. The Morgan fingerprint density at radius 2 is 2.19 bits per heavy atom. The van der Waals surface area contributed by atoms with Crippen LogP contribution in [-0.2, 0) is 21.6 Å². The van der Waals surface area contributed by atoms with Crippen molar-refractivity contribution in [3.63, 3.8) is 0 Å². The van der Waals surface area contributed by atoms with Gasteiger partial charge in [-0.1, -0.05) is 0 Å². The van der Waals surface area contributed by atoms with E-state index >= 15 is 0 Å². The predicted molar refractivity (Wildman–Crippen MR) is 67.1 cm³/mol. The number of aliphatic hydroxyl groups is 1. The number of carbonyl (C=O) groups is 2. The Bertz CT molecular complexity index is 685. The minimum atomic E-state index is -4.91. The van der Waals surface area contributed by atoms with E-state index in [0.717, 1.165) is 15.8 Å². The number of carbonyl (C=O) groups excluding carboxylic acids is 1. The van der Waals surface area contributed by atoms with E-state index < -0.39 is 40.3 Å². The van der Waals surface area contributed by atoms with Gasteiger partial charge in [-0.2, -0.15) is 13.5 Å². The van der Waals surface area contributed by atoms with E-state index in [2.05, 4.69) is 5.10 Å². The van der Waals surface area contributed by atoms with Crippen molar-refractivity contribution in [2.24, 2.45) is 0 Å². The Balaban J connectivity index is 2.43. The number of carboxylic acid groups (broad SMARTS) is 1. The number of nitrogens with zero attached hydrogens (tertiary/aromatic N) is 3. The topological polar surface area (TPSA) is 130 Å². The molecular weight excluding hydrogens is 309 g/mol. The third kappa shape index (κ3) is 2.88. The summed E-state index contributed by atoms with van der Waals surface area (Å²) in [4.78, 5) is 23.9. The molecule has 2 N–H and O–H groups in total. The summed E-state index contributed by atoms with van der Waals surface area (Å²) in [6.45, 7) is -0.935. The van der Waals surface area contributed by atoms with Crippen LogP contribution in [0.1, 0.15) is 16.8 Å². The van der Waals surface area contributed by atoms with Crippen LogP contribution >= 0.6 is 0 Å². The van der Waals surface area contributed by atoms with E-state index in [1.54, 1.807) is 0 Å². The third-order valence-corrected chi connectivity index (χ3v) is 4.21. The van der Waals surface area contributed by atoms with Gasteiger partial charge in [-0.25, -0.2) is 9.48 Å². The summed E-state index contributed by atoms with van der Waals surface area (Å²) < 4.78 is 35.9. The van der Waals surface area contributed by atoms with Crippen molar-refractivity contribution in [2.45, 2.75) is 18.2 Å². The average Bonchev–Trinajstić information content (AvgIpc) is 2.92. The monoisotopic (exact) mass is 321 g/mol. The molecule has 1 aliphatic heterocycles. The zero-order chi connectivity index (χ0) is 15.8. The average molecular weight is 321 g/mol. The molecule has 1 unspecified atom stereocenters. The van der Waals surface area contributed by atoms with Crippen molar-refractivity contribution >= 4 is 27.9 Å². The van der Waals surface area contributed by atoms with Gasteiger partial charge < -0.3 is 10.2 Å². The second-order valence-corrected chi connectivity index (χ2v) is 6.06. The molecule has 1 fully saturated rings. The maximum absolute atomic E-state index is 13.0. The zero-order valence-electron chi connectivity index (χ0n) is 10.6. The second kappa shape index (κ2) is 5.41. The highest BCUT2D eigenvalue weighted by molar-refractivity contribution is 7.87. The first-order valence-electron chi connectivity index (χ1n) is 5.89. The van der Waals surface area contributed by atoms with Crippen LogP contribution in [0.3, 0.4) is 0 Å². The van der Waals surface area contributed by atoms with Crippen molar-refractivity contribution in [3.8, 4) is 0 Å². The SMILES string of the molecule is O=C(O)c1cnn(CCO)c1N1CC(S(=O)(=O)F)CC1=O. The summed E-state index contributed by atoms with van der Waals surface area (Å²) in [6.07, 6.45) is 0.417. The lowest BCUT2D eigenvalue weighted by atomic mass is 10.3. The highest BCUT2D eigenvalue weighted by atomic mass is 32.3. The molecule has 1 saturated heterocycles. The predicted octanol–water partition coefficient (Wildman–Crippen LogP) is -1.02. The van der Waals surface area contributed by atoms with Gasteiger partial charge >= 0.3 is 16.2 Å². The maximum Gasteiger partial charge on any atom is 0.341 e. The Morgan fingerprint density at radius 3 is 2.67 bits per heavy atom. The van der Waals surface area contributed by atoms with Crippen LogP contribution in [0, 0.1) is 0 Å². The number of hydrogen-bond acceptors (Lipinski definition) is 6. The molecule has 116 valence electrons. The number of aliphatic hydroxyl groups excluding tert-OH is 1. The van der Waals surface area contributed by atoms with Crippen LogP contribution in [0.5, 0.6) is 0 Å². The summed E-state index contributed by atoms with van der Waals surface area (Å²) in [6, 6.07) is 0. The highest BCUT2D eigenvalue weighted by Crippen LogP contribution is 2.28. The minimum absolute atomic E-state index is 0.0839. The maximum atomic E-state index is 13.0. The van der Waals surface area contributed by atoms with Crippen molar-refractivity contribution in [2.75, 3.05) is 18.1 Å². The molecule has 1 aliphatic rings. The summed E-state index contributed by atoms with van der Waals surface area (Å²) in [5.41, 5.74) is -0.325. The van der Waals surface area contributed by atoms with Crippen molar-refractivity contribution in [1.29, 1.82) is 0 Å². The quantitative estimate of drug-likeness (QED) is 0.664. The molecule has 2 rings (SSSR count). The Hall–Kier alpha value is -2.01. The molecule has 0 radical (unpaired) electrons. The molecule has 1 amide bonds. The molecule has 21 heavy (non-hydrogen) atoms. The second-order valence-electron chi connectivity index (χ2n) is 4.44. The van der Waals surface area contributed by atoms with Crippen LogP contribution in [0.2, 0.25) is 0 Å². The molecule has 0 aromatic carbocycles. The normalized spacial score (nSPS) is 19.2. The minimum Gasteiger partial charge on any atom is -0.477 e. The van der Waals surface area contributed by atoms with Gasteiger partial charge in [0.05, 0.1) is 19.3 Å². The summed E-state index contributed by atoms with van der Waals surface area (Å²) >= 11 is 0. The van der Waals surface area contributed by atoms with Crippen LogP contribution in [0.15, 0.2) is 6.20 Å². The standard InChI is InChI=1S/C10H12FN3O6S/c11-21(19,20)6-3-8(16)13(5-6)9-7(10(17)18)4-12-14(9)1-2-15/h4,6,15H,1-3,5H2,(H,17,18). The highest BCUT2D eigenvalue weighted by Gasteiger charge is 2.41. The molecule has 1 aromatic rings. The summed E-state index contributed by atoms with van der Waals surface area (Å²) in [5.74, 6) is -2.25. The Kier molecular flexibility index (Phi) is 3.96. The number of aromatic carboxylic acids is 1. The zero-order valence-corrected chi connectivity index (χ0v) is 11.5. The molecule has 0 bridgehead atoms.